The predicted molar refractivity (Wildman–Crippen MR) is 113 cm³/mol. The van der Waals surface area contributed by atoms with Gasteiger partial charge in [-0.2, -0.15) is 12.7 Å². The highest BCUT2D eigenvalue weighted by molar-refractivity contribution is 7.87. The summed E-state index contributed by atoms with van der Waals surface area (Å²) >= 11 is 1.66. The highest BCUT2D eigenvalue weighted by atomic mass is 32.2. The van der Waals surface area contributed by atoms with Crippen molar-refractivity contribution in [2.45, 2.75) is 50.7 Å². The predicted octanol–water partition coefficient (Wildman–Crippen LogP) is 1.80. The largest absolute Gasteiger partial charge is 0.367 e. The molecule has 1 fully saturated rings. The van der Waals surface area contributed by atoms with Gasteiger partial charge in [-0.25, -0.2) is 14.7 Å². The van der Waals surface area contributed by atoms with Crippen molar-refractivity contribution in [3.05, 3.63) is 16.8 Å². The molecular formula is C18H28N6O2S2. The Morgan fingerprint density at radius 2 is 1.96 bits per heavy atom. The average molecular weight is 425 g/mol. The minimum absolute atomic E-state index is 0.369. The Bertz CT molecular complexity index is 950. The molecule has 4 rings (SSSR count). The summed E-state index contributed by atoms with van der Waals surface area (Å²) < 4.78 is 28.5. The zero-order valence-corrected chi connectivity index (χ0v) is 18.2. The Labute approximate surface area is 170 Å². The molecular weight excluding hydrogens is 396 g/mol. The van der Waals surface area contributed by atoms with Gasteiger partial charge < -0.3 is 10.2 Å². The van der Waals surface area contributed by atoms with Crippen molar-refractivity contribution in [1.82, 2.24) is 23.9 Å². The Morgan fingerprint density at radius 1 is 1.21 bits per heavy atom. The third-order valence-electron chi connectivity index (χ3n) is 5.96. The third-order valence-corrected chi connectivity index (χ3v) is 8.67. The molecule has 0 saturated heterocycles. The normalized spacial score (nSPS) is 23.9. The van der Waals surface area contributed by atoms with Gasteiger partial charge in [0.15, 0.2) is 0 Å². The molecule has 1 saturated carbocycles. The molecule has 2 aromatic rings. The lowest BCUT2D eigenvalue weighted by Gasteiger charge is -2.33. The van der Waals surface area contributed by atoms with Gasteiger partial charge in [-0.1, -0.05) is 0 Å². The maximum atomic E-state index is 12.3. The van der Waals surface area contributed by atoms with Crippen LogP contribution in [0.3, 0.4) is 0 Å². The lowest BCUT2D eigenvalue weighted by atomic mass is 9.90. The monoisotopic (exact) mass is 424 g/mol. The van der Waals surface area contributed by atoms with Crippen LogP contribution in [-0.2, 0) is 23.2 Å². The number of nitrogens with zero attached hydrogens (tertiary/aromatic N) is 4. The summed E-state index contributed by atoms with van der Waals surface area (Å²) in [5.74, 6) is 0.847. The second-order valence-corrected chi connectivity index (χ2v) is 10.8. The first-order chi connectivity index (χ1) is 13.4. The molecule has 0 amide bonds. The first kappa shape index (κ1) is 20.0. The van der Waals surface area contributed by atoms with Crippen LogP contribution in [0.15, 0.2) is 6.33 Å². The van der Waals surface area contributed by atoms with Gasteiger partial charge in [0.2, 0.25) is 0 Å². The molecule has 154 valence electrons. The quantitative estimate of drug-likeness (QED) is 0.761. The maximum Gasteiger partial charge on any atom is 0.279 e. The van der Waals surface area contributed by atoms with Crippen LogP contribution in [0.5, 0.6) is 0 Å². The summed E-state index contributed by atoms with van der Waals surface area (Å²) in [6.45, 7) is 0.863. The van der Waals surface area contributed by atoms with Crippen LogP contribution >= 0.6 is 11.3 Å². The van der Waals surface area contributed by atoms with Crippen LogP contribution in [0.1, 0.15) is 36.1 Å². The van der Waals surface area contributed by atoms with Crippen molar-refractivity contribution in [1.29, 1.82) is 0 Å². The molecule has 0 radical (unpaired) electrons. The Kier molecular flexibility index (Phi) is 5.58. The van der Waals surface area contributed by atoms with E-state index in [1.54, 1.807) is 17.7 Å². The summed E-state index contributed by atoms with van der Waals surface area (Å²) in [6, 6.07) is 1.04. The van der Waals surface area contributed by atoms with Crippen LogP contribution in [0.25, 0.3) is 10.2 Å². The van der Waals surface area contributed by atoms with Gasteiger partial charge in [-0.05, 0) is 51.8 Å². The zero-order chi connectivity index (χ0) is 19.9. The van der Waals surface area contributed by atoms with Crippen LogP contribution < -0.4 is 10.0 Å². The lowest BCUT2D eigenvalue weighted by molar-refractivity contribution is 0.221. The highest BCUT2D eigenvalue weighted by Gasteiger charge is 2.30. The summed E-state index contributed by atoms with van der Waals surface area (Å²) in [6.07, 6.45) is 6.90. The third kappa shape index (κ3) is 3.76. The minimum Gasteiger partial charge on any atom is -0.367 e. The van der Waals surface area contributed by atoms with E-state index in [-0.39, 0.29) is 0 Å². The number of fused-ring (bicyclic) bond motifs is 3. The Hall–Kier alpha value is -1.33. The van der Waals surface area contributed by atoms with E-state index < -0.39 is 10.2 Å². The summed E-state index contributed by atoms with van der Waals surface area (Å²) in [5.41, 5.74) is 1.05. The first-order valence-electron chi connectivity index (χ1n) is 9.76. The summed E-state index contributed by atoms with van der Waals surface area (Å²) in [5, 5.41) is 4.63. The van der Waals surface area contributed by atoms with Gasteiger partial charge in [0.05, 0.1) is 5.39 Å². The SMILES string of the molecule is CNS(=O)(=O)N1CCc2sc3ncnc(N[C@H]4CC[C@H](N(C)C)CC4)c3c2C1. The van der Waals surface area contributed by atoms with E-state index in [2.05, 4.69) is 39.0 Å². The number of anilines is 1. The molecule has 0 atom stereocenters. The van der Waals surface area contributed by atoms with Crippen molar-refractivity contribution in [3.8, 4) is 0 Å². The van der Waals surface area contributed by atoms with E-state index in [1.807, 2.05) is 0 Å². The maximum absolute atomic E-state index is 12.3. The molecule has 0 bridgehead atoms. The molecule has 0 spiro atoms. The fourth-order valence-electron chi connectivity index (χ4n) is 4.26. The van der Waals surface area contributed by atoms with Gasteiger partial charge in [-0.15, -0.1) is 11.3 Å². The smallest absolute Gasteiger partial charge is 0.279 e. The van der Waals surface area contributed by atoms with Gasteiger partial charge in [-0.3, -0.25) is 0 Å². The number of nitrogens with one attached hydrogen (secondary N) is 2. The van der Waals surface area contributed by atoms with Gasteiger partial charge in [0.1, 0.15) is 17.0 Å². The fourth-order valence-corrected chi connectivity index (χ4v) is 6.29. The van der Waals surface area contributed by atoms with E-state index in [9.17, 15) is 8.42 Å². The first-order valence-corrected chi connectivity index (χ1v) is 12.0. The van der Waals surface area contributed by atoms with Gasteiger partial charge in [0.25, 0.3) is 10.2 Å². The topological polar surface area (TPSA) is 90.5 Å². The van der Waals surface area contributed by atoms with Crippen molar-refractivity contribution in [2.75, 3.05) is 33.0 Å². The van der Waals surface area contributed by atoms with Crippen LogP contribution in [0.4, 0.5) is 5.82 Å². The van der Waals surface area contributed by atoms with E-state index in [0.29, 0.717) is 31.6 Å². The molecule has 10 heteroatoms. The van der Waals surface area contributed by atoms with Gasteiger partial charge >= 0.3 is 0 Å². The van der Waals surface area contributed by atoms with Crippen molar-refractivity contribution in [3.63, 3.8) is 0 Å². The molecule has 8 nitrogen and oxygen atoms in total. The minimum atomic E-state index is -3.44. The number of rotatable bonds is 5. The molecule has 3 heterocycles. The number of hydrogen-bond acceptors (Lipinski definition) is 7. The molecule has 2 N–H and O–H groups in total. The zero-order valence-electron chi connectivity index (χ0n) is 16.6. The molecule has 0 aromatic carbocycles. The van der Waals surface area contributed by atoms with Crippen molar-refractivity contribution in [2.24, 2.45) is 0 Å². The molecule has 28 heavy (non-hydrogen) atoms. The summed E-state index contributed by atoms with van der Waals surface area (Å²) in [7, 11) is 2.31. The Balaban J connectivity index is 1.60. The van der Waals surface area contributed by atoms with Crippen molar-refractivity contribution >= 4 is 37.6 Å². The molecule has 2 aromatic heterocycles. The average Bonchev–Trinajstić information content (AvgIpc) is 3.07. The number of hydrogen-bond donors (Lipinski definition) is 2. The van der Waals surface area contributed by atoms with E-state index in [4.69, 9.17) is 0 Å². The standard InChI is InChI=1S/C18H28N6O2S2/c1-19-28(25,26)24-9-8-15-14(10-24)16-17(20-11-21-18(16)27-15)22-12-4-6-13(7-5-12)23(2)3/h11-13,19H,4-10H2,1-3H3,(H,20,21,22)/t12-,13-. The highest BCUT2D eigenvalue weighted by Crippen LogP contribution is 2.38. The second kappa shape index (κ2) is 7.83. The lowest BCUT2D eigenvalue weighted by Crippen LogP contribution is -2.41. The molecule has 1 aliphatic heterocycles. The number of aromatic nitrogens is 2. The molecule has 1 aliphatic carbocycles. The van der Waals surface area contributed by atoms with Crippen LogP contribution in [-0.4, -0.2) is 67.4 Å². The Morgan fingerprint density at radius 3 is 2.64 bits per heavy atom. The van der Waals surface area contributed by atoms with E-state index >= 15 is 0 Å². The van der Waals surface area contributed by atoms with Crippen LogP contribution in [0, 0.1) is 0 Å². The van der Waals surface area contributed by atoms with E-state index in [1.165, 1.54) is 29.1 Å². The van der Waals surface area contributed by atoms with Gasteiger partial charge in [0, 0.05) is 37.1 Å². The van der Waals surface area contributed by atoms with E-state index in [0.717, 1.165) is 34.4 Å². The second-order valence-electron chi connectivity index (χ2n) is 7.81. The summed E-state index contributed by atoms with van der Waals surface area (Å²) in [4.78, 5) is 13.5. The molecule has 0 unspecified atom stereocenters. The number of thiophene rings is 1. The van der Waals surface area contributed by atoms with Crippen molar-refractivity contribution < 1.29 is 8.42 Å². The molecule has 2 aliphatic rings. The fraction of sp³-hybridized carbons (Fsp3) is 0.667. The van der Waals surface area contributed by atoms with Crippen LogP contribution in [0.2, 0.25) is 0 Å².